The number of aliphatic hydroxyl groups is 1. The number of hydrogen-bond donors (Lipinski definition) is 2. The summed E-state index contributed by atoms with van der Waals surface area (Å²) in [6.45, 7) is 6.98. The highest BCUT2D eigenvalue weighted by molar-refractivity contribution is 5.22. The van der Waals surface area contributed by atoms with Gasteiger partial charge in [-0.2, -0.15) is 5.26 Å². The molecule has 0 saturated carbocycles. The van der Waals surface area contributed by atoms with Crippen molar-refractivity contribution in [1.82, 2.24) is 5.32 Å². The van der Waals surface area contributed by atoms with Crippen molar-refractivity contribution < 1.29 is 9.50 Å². The molecule has 3 nitrogen and oxygen atoms in total. The predicted octanol–water partition coefficient (Wildman–Crippen LogP) is 2.95. The minimum atomic E-state index is -1.04. The molecule has 0 aliphatic heterocycles. The van der Waals surface area contributed by atoms with Gasteiger partial charge in [0.2, 0.25) is 0 Å². The molecular weight excluding hydrogens is 255 g/mol. The Morgan fingerprint density at radius 2 is 1.80 bits per heavy atom. The SMILES string of the molecule is CC(C)(CCC#N)CNCC(C)(O)c1ccc(F)cc1. The lowest BCUT2D eigenvalue weighted by Gasteiger charge is -2.29. The van der Waals surface area contributed by atoms with Crippen LogP contribution in [0.3, 0.4) is 0 Å². The van der Waals surface area contributed by atoms with E-state index < -0.39 is 5.60 Å². The zero-order valence-electron chi connectivity index (χ0n) is 12.4. The largest absolute Gasteiger partial charge is 0.384 e. The second-order valence-corrected chi connectivity index (χ2v) is 6.21. The molecule has 0 spiro atoms. The number of nitrogens with one attached hydrogen (secondary N) is 1. The standard InChI is InChI=1S/C16H23FN2O/c1-15(2,9-4-10-18)11-19-12-16(3,20)13-5-7-14(17)8-6-13/h5-8,19-20H,4,9,11-12H2,1-3H3. The highest BCUT2D eigenvalue weighted by Crippen LogP contribution is 2.23. The Balaban J connectivity index is 2.51. The average molecular weight is 278 g/mol. The molecule has 0 aromatic heterocycles. The molecule has 2 N–H and O–H groups in total. The van der Waals surface area contributed by atoms with Crippen molar-refractivity contribution in [2.75, 3.05) is 13.1 Å². The number of rotatable bonds is 7. The van der Waals surface area contributed by atoms with Crippen LogP contribution in [-0.4, -0.2) is 18.2 Å². The highest BCUT2D eigenvalue weighted by atomic mass is 19.1. The quantitative estimate of drug-likeness (QED) is 0.806. The Kier molecular flexibility index (Phi) is 5.67. The van der Waals surface area contributed by atoms with Gasteiger partial charge in [0.25, 0.3) is 0 Å². The third-order valence-electron chi connectivity index (χ3n) is 3.45. The number of hydrogen-bond acceptors (Lipinski definition) is 3. The molecule has 1 unspecified atom stereocenters. The first-order chi connectivity index (χ1) is 9.27. The zero-order valence-corrected chi connectivity index (χ0v) is 12.4. The summed E-state index contributed by atoms with van der Waals surface area (Å²) in [4.78, 5) is 0. The highest BCUT2D eigenvalue weighted by Gasteiger charge is 2.24. The van der Waals surface area contributed by atoms with Crippen molar-refractivity contribution in [3.05, 3.63) is 35.6 Å². The summed E-state index contributed by atoms with van der Waals surface area (Å²) in [5, 5.41) is 22.3. The monoisotopic (exact) mass is 278 g/mol. The second-order valence-electron chi connectivity index (χ2n) is 6.21. The van der Waals surface area contributed by atoms with Gasteiger partial charge in [-0.05, 0) is 36.5 Å². The summed E-state index contributed by atoms with van der Waals surface area (Å²) in [6, 6.07) is 8.03. The van der Waals surface area contributed by atoms with E-state index in [0.29, 0.717) is 25.1 Å². The van der Waals surface area contributed by atoms with Gasteiger partial charge in [-0.3, -0.25) is 0 Å². The summed E-state index contributed by atoms with van der Waals surface area (Å²) in [5.74, 6) is -0.310. The number of halogens is 1. The van der Waals surface area contributed by atoms with E-state index in [9.17, 15) is 9.50 Å². The molecule has 4 heteroatoms. The fraction of sp³-hybridized carbons (Fsp3) is 0.562. The number of nitrogens with zero attached hydrogens (tertiary/aromatic N) is 1. The third-order valence-corrected chi connectivity index (χ3v) is 3.45. The molecule has 1 aromatic rings. The first-order valence-electron chi connectivity index (χ1n) is 6.83. The maximum absolute atomic E-state index is 12.9. The molecule has 0 heterocycles. The van der Waals surface area contributed by atoms with E-state index in [0.717, 1.165) is 6.42 Å². The van der Waals surface area contributed by atoms with E-state index in [-0.39, 0.29) is 11.2 Å². The normalized spacial score (nSPS) is 14.6. The molecule has 0 aliphatic rings. The van der Waals surface area contributed by atoms with Crippen molar-refractivity contribution in [2.24, 2.45) is 5.41 Å². The van der Waals surface area contributed by atoms with Crippen LogP contribution in [0.2, 0.25) is 0 Å². The van der Waals surface area contributed by atoms with Crippen LogP contribution >= 0.6 is 0 Å². The molecule has 20 heavy (non-hydrogen) atoms. The zero-order chi connectivity index (χ0) is 15.2. The van der Waals surface area contributed by atoms with Gasteiger partial charge >= 0.3 is 0 Å². The van der Waals surface area contributed by atoms with Gasteiger partial charge in [-0.1, -0.05) is 26.0 Å². The van der Waals surface area contributed by atoms with E-state index in [1.807, 2.05) is 0 Å². The van der Waals surface area contributed by atoms with Gasteiger partial charge in [0.05, 0.1) is 11.7 Å². The Labute approximate surface area is 120 Å². The maximum atomic E-state index is 12.9. The fourth-order valence-corrected chi connectivity index (χ4v) is 2.04. The molecule has 1 atom stereocenters. The van der Waals surface area contributed by atoms with Crippen LogP contribution in [0.4, 0.5) is 4.39 Å². The van der Waals surface area contributed by atoms with Crippen molar-refractivity contribution in [3.63, 3.8) is 0 Å². The third kappa shape index (κ3) is 5.28. The van der Waals surface area contributed by atoms with Crippen molar-refractivity contribution in [1.29, 1.82) is 5.26 Å². The first kappa shape index (κ1) is 16.6. The molecule has 0 aliphatic carbocycles. The Bertz CT molecular complexity index is 460. The molecule has 0 radical (unpaired) electrons. The van der Waals surface area contributed by atoms with Crippen LogP contribution in [0, 0.1) is 22.6 Å². The van der Waals surface area contributed by atoms with Crippen LogP contribution in [0.25, 0.3) is 0 Å². The topological polar surface area (TPSA) is 56.0 Å². The summed E-state index contributed by atoms with van der Waals surface area (Å²) in [6.07, 6.45) is 1.35. The molecule has 0 amide bonds. The van der Waals surface area contributed by atoms with Gasteiger partial charge in [0.1, 0.15) is 5.82 Å². The lowest BCUT2D eigenvalue weighted by molar-refractivity contribution is 0.0541. The lowest BCUT2D eigenvalue weighted by Crippen LogP contribution is -2.39. The molecule has 0 fully saturated rings. The summed E-state index contributed by atoms with van der Waals surface area (Å²) >= 11 is 0. The molecule has 110 valence electrons. The van der Waals surface area contributed by atoms with Crippen LogP contribution in [0.5, 0.6) is 0 Å². The van der Waals surface area contributed by atoms with Crippen LogP contribution in [0.1, 0.15) is 39.2 Å². The van der Waals surface area contributed by atoms with Crippen LogP contribution in [-0.2, 0) is 5.60 Å². The minimum Gasteiger partial charge on any atom is -0.384 e. The average Bonchev–Trinajstić information content (AvgIpc) is 2.36. The van der Waals surface area contributed by atoms with Crippen LogP contribution in [0.15, 0.2) is 24.3 Å². The fourth-order valence-electron chi connectivity index (χ4n) is 2.04. The van der Waals surface area contributed by atoms with Crippen molar-refractivity contribution in [3.8, 4) is 6.07 Å². The summed E-state index contributed by atoms with van der Waals surface area (Å²) in [7, 11) is 0. The smallest absolute Gasteiger partial charge is 0.123 e. The Morgan fingerprint density at radius 1 is 1.20 bits per heavy atom. The van der Waals surface area contributed by atoms with Gasteiger partial charge < -0.3 is 10.4 Å². The summed E-state index contributed by atoms with van der Waals surface area (Å²) < 4.78 is 12.9. The predicted molar refractivity (Wildman–Crippen MR) is 77.5 cm³/mol. The van der Waals surface area contributed by atoms with E-state index in [2.05, 4.69) is 25.2 Å². The molecule has 1 aromatic carbocycles. The van der Waals surface area contributed by atoms with Gasteiger partial charge in [0, 0.05) is 19.5 Å². The molecule has 0 saturated heterocycles. The van der Waals surface area contributed by atoms with E-state index >= 15 is 0 Å². The van der Waals surface area contributed by atoms with Crippen molar-refractivity contribution >= 4 is 0 Å². The van der Waals surface area contributed by atoms with Crippen LogP contribution < -0.4 is 5.32 Å². The minimum absolute atomic E-state index is 0.00854. The molecule has 0 bridgehead atoms. The Hall–Kier alpha value is -1.44. The number of nitriles is 1. The second kappa shape index (κ2) is 6.83. The van der Waals surface area contributed by atoms with E-state index in [1.165, 1.54) is 12.1 Å². The number of benzene rings is 1. The van der Waals surface area contributed by atoms with Crippen molar-refractivity contribution in [2.45, 2.75) is 39.2 Å². The van der Waals surface area contributed by atoms with Gasteiger partial charge in [-0.15, -0.1) is 0 Å². The van der Waals surface area contributed by atoms with E-state index in [1.54, 1.807) is 19.1 Å². The Morgan fingerprint density at radius 3 is 2.35 bits per heavy atom. The summed E-state index contributed by atoms with van der Waals surface area (Å²) in [5.41, 5.74) is -0.352. The molecule has 1 rings (SSSR count). The maximum Gasteiger partial charge on any atom is 0.123 e. The van der Waals surface area contributed by atoms with E-state index in [4.69, 9.17) is 5.26 Å². The van der Waals surface area contributed by atoms with Gasteiger partial charge in [-0.25, -0.2) is 4.39 Å². The first-order valence-corrected chi connectivity index (χ1v) is 6.83. The van der Waals surface area contributed by atoms with Gasteiger partial charge in [0.15, 0.2) is 0 Å². The molecular formula is C16H23FN2O. The lowest BCUT2D eigenvalue weighted by atomic mass is 9.87.